The van der Waals surface area contributed by atoms with Gasteiger partial charge in [0, 0.05) is 10.1 Å². The molecule has 3 aromatic rings. The number of hydrogen-bond acceptors (Lipinski definition) is 6. The highest BCUT2D eigenvalue weighted by molar-refractivity contribution is 7.16. The molecule has 1 aliphatic heterocycles. The van der Waals surface area contributed by atoms with Crippen molar-refractivity contribution in [1.82, 2.24) is 0 Å². The van der Waals surface area contributed by atoms with E-state index in [0.717, 1.165) is 17.4 Å². The van der Waals surface area contributed by atoms with Crippen molar-refractivity contribution >= 4 is 27.4 Å². The normalized spacial score (nSPS) is 16.1. The zero-order valence-corrected chi connectivity index (χ0v) is 17.0. The first-order chi connectivity index (χ1) is 14.7. The number of nitrogens with two attached hydrogens (primary N) is 1. The third-order valence-corrected chi connectivity index (χ3v) is 5.91. The van der Waals surface area contributed by atoms with Crippen LogP contribution in [0.2, 0.25) is 0 Å². The minimum Gasteiger partial charge on any atom is -0.462 e. The number of ether oxygens (including phenoxy) is 2. The molecule has 0 bridgehead atoms. The highest BCUT2D eigenvalue weighted by atomic mass is 32.1. The van der Waals surface area contributed by atoms with Crippen LogP contribution in [0.5, 0.6) is 5.75 Å². The topological polar surface area (TPSA) is 78.6 Å². The van der Waals surface area contributed by atoms with Gasteiger partial charge in [0.25, 0.3) is 0 Å². The molecule has 2 N–H and O–H groups in total. The summed E-state index contributed by atoms with van der Waals surface area (Å²) < 4.78 is 52.3. The fourth-order valence-corrected chi connectivity index (χ4v) is 4.63. The largest absolute Gasteiger partial charge is 0.462 e. The number of benzene rings is 2. The minimum atomic E-state index is -4.72. The monoisotopic (exact) mass is 447 g/mol. The number of carbonyl (C=O) groups is 1. The molecule has 2 heterocycles. The van der Waals surface area contributed by atoms with Gasteiger partial charge in [0.2, 0.25) is 10.6 Å². The van der Waals surface area contributed by atoms with E-state index in [2.05, 4.69) is 0 Å². The Morgan fingerprint density at radius 3 is 2.55 bits per heavy atom. The molecule has 2 aromatic carbocycles. The molecule has 0 fully saturated rings. The van der Waals surface area contributed by atoms with Gasteiger partial charge in [-0.3, -0.25) is 4.79 Å². The van der Waals surface area contributed by atoms with Gasteiger partial charge in [-0.25, -0.2) is 4.79 Å². The van der Waals surface area contributed by atoms with Crippen molar-refractivity contribution in [2.75, 3.05) is 6.61 Å². The summed E-state index contributed by atoms with van der Waals surface area (Å²) in [5.74, 6) is -2.68. The molecule has 1 atom stereocenters. The van der Waals surface area contributed by atoms with Crippen molar-refractivity contribution in [3.05, 3.63) is 86.2 Å². The Hall–Kier alpha value is -3.33. The Kier molecular flexibility index (Phi) is 5.22. The van der Waals surface area contributed by atoms with Crippen molar-refractivity contribution in [1.29, 1.82) is 0 Å². The van der Waals surface area contributed by atoms with Gasteiger partial charge in [-0.1, -0.05) is 41.7 Å². The van der Waals surface area contributed by atoms with E-state index in [1.807, 2.05) is 0 Å². The molecule has 0 aliphatic carbocycles. The van der Waals surface area contributed by atoms with Crippen LogP contribution in [0.3, 0.4) is 0 Å². The lowest BCUT2D eigenvalue weighted by Crippen LogP contribution is -2.31. The van der Waals surface area contributed by atoms with Crippen LogP contribution in [0.15, 0.2) is 64.8 Å². The third kappa shape index (κ3) is 3.54. The lowest BCUT2D eigenvalue weighted by atomic mass is 9.81. The van der Waals surface area contributed by atoms with Crippen LogP contribution in [0.1, 0.15) is 29.5 Å². The molecule has 1 aliphatic rings. The van der Waals surface area contributed by atoms with Crippen LogP contribution in [0.4, 0.5) is 13.2 Å². The van der Waals surface area contributed by atoms with Crippen molar-refractivity contribution in [3.63, 3.8) is 0 Å². The van der Waals surface area contributed by atoms with Gasteiger partial charge in [-0.2, -0.15) is 13.2 Å². The number of rotatable bonds is 3. The van der Waals surface area contributed by atoms with Crippen molar-refractivity contribution in [3.8, 4) is 5.75 Å². The molecule has 1 aromatic heterocycles. The SMILES string of the molecule is CCOC(=O)C1=C(N)Oc2c(c(=O)sc3ccccc23)C1c1ccccc1C(F)(F)F. The van der Waals surface area contributed by atoms with Gasteiger partial charge < -0.3 is 15.2 Å². The molecule has 9 heteroatoms. The summed E-state index contributed by atoms with van der Waals surface area (Å²) in [5.41, 5.74) is 4.38. The molecule has 4 rings (SSSR count). The number of esters is 1. The van der Waals surface area contributed by atoms with Gasteiger partial charge in [0.15, 0.2) is 0 Å². The fraction of sp³-hybridized carbons (Fsp3) is 0.182. The van der Waals surface area contributed by atoms with Gasteiger partial charge in [0.05, 0.1) is 23.7 Å². The lowest BCUT2D eigenvalue weighted by molar-refractivity contribution is -0.140. The molecule has 31 heavy (non-hydrogen) atoms. The summed E-state index contributed by atoms with van der Waals surface area (Å²) in [6, 6.07) is 11.6. The van der Waals surface area contributed by atoms with Crippen LogP contribution in [0, 0.1) is 0 Å². The highest BCUT2D eigenvalue weighted by Gasteiger charge is 2.43. The van der Waals surface area contributed by atoms with Gasteiger partial charge in [-0.15, -0.1) is 0 Å². The summed E-state index contributed by atoms with van der Waals surface area (Å²) in [6.45, 7) is 1.53. The summed E-state index contributed by atoms with van der Waals surface area (Å²) in [7, 11) is 0. The molecule has 5 nitrogen and oxygen atoms in total. The van der Waals surface area contributed by atoms with E-state index in [4.69, 9.17) is 15.2 Å². The van der Waals surface area contributed by atoms with Gasteiger partial charge >= 0.3 is 12.1 Å². The number of carbonyl (C=O) groups excluding carboxylic acids is 1. The molecule has 0 saturated carbocycles. The molecular weight excluding hydrogens is 431 g/mol. The Bertz CT molecular complexity index is 1280. The molecule has 0 amide bonds. The van der Waals surface area contributed by atoms with E-state index >= 15 is 0 Å². The van der Waals surface area contributed by atoms with Gasteiger partial charge in [-0.05, 0) is 30.7 Å². The second-order valence-electron chi connectivity index (χ2n) is 6.75. The average Bonchev–Trinajstić information content (AvgIpc) is 2.72. The smallest absolute Gasteiger partial charge is 0.416 e. The van der Waals surface area contributed by atoms with E-state index in [0.29, 0.717) is 10.1 Å². The maximum atomic E-state index is 13.8. The fourth-order valence-electron chi connectivity index (χ4n) is 3.69. The molecule has 0 radical (unpaired) electrons. The van der Waals surface area contributed by atoms with E-state index in [9.17, 15) is 22.8 Å². The second kappa shape index (κ2) is 7.73. The predicted octanol–water partition coefficient (Wildman–Crippen LogP) is 4.54. The molecule has 1 unspecified atom stereocenters. The molecule has 0 spiro atoms. The van der Waals surface area contributed by atoms with Crippen LogP contribution in [0.25, 0.3) is 10.1 Å². The quantitative estimate of drug-likeness (QED) is 0.597. The predicted molar refractivity (Wildman–Crippen MR) is 110 cm³/mol. The van der Waals surface area contributed by atoms with Crippen molar-refractivity contribution < 1.29 is 27.4 Å². The third-order valence-electron chi connectivity index (χ3n) is 4.93. The maximum absolute atomic E-state index is 13.8. The Labute approximate surface area is 178 Å². The Morgan fingerprint density at radius 2 is 1.84 bits per heavy atom. The van der Waals surface area contributed by atoms with E-state index in [-0.39, 0.29) is 29.1 Å². The van der Waals surface area contributed by atoms with Crippen LogP contribution >= 0.6 is 11.3 Å². The zero-order valence-electron chi connectivity index (χ0n) is 16.2. The van der Waals surface area contributed by atoms with E-state index < -0.39 is 34.3 Å². The second-order valence-corrected chi connectivity index (χ2v) is 7.76. The summed E-state index contributed by atoms with van der Waals surface area (Å²) in [5, 5.41) is 0.516. The molecule has 160 valence electrons. The van der Waals surface area contributed by atoms with Crippen molar-refractivity contribution in [2.24, 2.45) is 5.73 Å². The average molecular weight is 447 g/mol. The van der Waals surface area contributed by atoms with Gasteiger partial charge in [0.1, 0.15) is 11.3 Å². The first-order valence-electron chi connectivity index (χ1n) is 9.30. The summed E-state index contributed by atoms with van der Waals surface area (Å²) >= 11 is 0.864. The first-order valence-corrected chi connectivity index (χ1v) is 10.1. The number of fused-ring (bicyclic) bond motifs is 3. The minimum absolute atomic E-state index is 0.0271. The standard InChI is InChI=1S/C22H16F3NO4S/c1-2-29-20(27)17-15(11-7-3-5-9-13(11)22(23,24)25)16-18(30-19(17)26)12-8-4-6-10-14(12)31-21(16)28/h3-10,15H,2,26H2,1H3. The number of hydrogen-bond donors (Lipinski definition) is 1. The maximum Gasteiger partial charge on any atom is 0.416 e. The summed E-state index contributed by atoms with van der Waals surface area (Å²) in [4.78, 5) is 25.8. The van der Waals surface area contributed by atoms with E-state index in [1.165, 1.54) is 18.2 Å². The molecule has 0 saturated heterocycles. The molecular formula is C22H16F3NO4S. The lowest BCUT2D eigenvalue weighted by Gasteiger charge is -2.29. The van der Waals surface area contributed by atoms with Crippen LogP contribution < -0.4 is 15.2 Å². The van der Waals surface area contributed by atoms with E-state index in [1.54, 1.807) is 31.2 Å². The van der Waals surface area contributed by atoms with Crippen LogP contribution in [-0.2, 0) is 15.7 Å². The van der Waals surface area contributed by atoms with Crippen molar-refractivity contribution in [2.45, 2.75) is 19.0 Å². The Balaban J connectivity index is 2.10. The number of alkyl halides is 3. The van der Waals surface area contributed by atoms with Crippen LogP contribution in [-0.4, -0.2) is 12.6 Å². The first kappa shape index (κ1) is 20.9. The Morgan fingerprint density at radius 1 is 1.16 bits per heavy atom. The summed E-state index contributed by atoms with van der Waals surface area (Å²) in [6.07, 6.45) is -4.72. The number of halogens is 3. The highest BCUT2D eigenvalue weighted by Crippen LogP contribution is 2.47. The zero-order chi connectivity index (χ0) is 22.3.